The Kier molecular flexibility index (Phi) is 9.47. The highest BCUT2D eigenvalue weighted by Crippen LogP contribution is 2.26. The van der Waals surface area contributed by atoms with Gasteiger partial charge < -0.3 is 18.9 Å². The summed E-state index contributed by atoms with van der Waals surface area (Å²) < 4.78 is 24.5. The van der Waals surface area contributed by atoms with Gasteiger partial charge in [-0.3, -0.25) is 5.01 Å². The average Bonchev–Trinajstić information content (AvgIpc) is 2.89. The molecule has 1 aliphatic rings. The molecule has 0 amide bonds. The van der Waals surface area contributed by atoms with Crippen LogP contribution in [-0.2, 0) is 18.9 Å². The molecule has 156 valence electrons. The first-order valence-corrected chi connectivity index (χ1v) is 9.93. The van der Waals surface area contributed by atoms with Gasteiger partial charge in [-0.25, -0.2) is 5.43 Å². The van der Waals surface area contributed by atoms with Crippen molar-refractivity contribution in [3.63, 3.8) is 0 Å². The van der Waals surface area contributed by atoms with Gasteiger partial charge in [-0.05, 0) is 48.0 Å². The second-order valence-corrected chi connectivity index (χ2v) is 9.34. The lowest BCUT2D eigenvalue weighted by Crippen LogP contribution is -2.47. The summed E-state index contributed by atoms with van der Waals surface area (Å²) in [6.07, 6.45) is 2.71. The van der Waals surface area contributed by atoms with Crippen LogP contribution in [-0.4, -0.2) is 68.1 Å². The van der Waals surface area contributed by atoms with Gasteiger partial charge in [0.2, 0.25) is 0 Å². The van der Waals surface area contributed by atoms with E-state index in [4.69, 9.17) is 18.9 Å². The van der Waals surface area contributed by atoms with Crippen molar-refractivity contribution in [3.8, 4) is 0 Å². The molecule has 0 bridgehead atoms. The number of hydrogen-bond acceptors (Lipinski definition) is 6. The van der Waals surface area contributed by atoms with Crippen molar-refractivity contribution in [2.24, 2.45) is 0 Å². The second kappa shape index (κ2) is 10.3. The summed E-state index contributed by atoms with van der Waals surface area (Å²) in [5, 5.41) is 1.96. The molecule has 1 rings (SSSR count). The molecule has 1 aliphatic heterocycles. The number of unbranched alkanes of at least 4 members (excludes halogenated alkanes) is 1. The minimum atomic E-state index is -0.300. The van der Waals surface area contributed by atoms with Crippen LogP contribution in [0.25, 0.3) is 0 Å². The van der Waals surface area contributed by atoms with Gasteiger partial charge in [-0.15, -0.1) is 0 Å². The van der Waals surface area contributed by atoms with Crippen LogP contribution in [0.15, 0.2) is 0 Å². The topological polar surface area (TPSA) is 52.2 Å². The number of rotatable bonds is 10. The van der Waals surface area contributed by atoms with Crippen molar-refractivity contribution < 1.29 is 18.9 Å². The van der Waals surface area contributed by atoms with Crippen LogP contribution in [0.3, 0.4) is 0 Å². The van der Waals surface area contributed by atoms with Crippen LogP contribution in [0.1, 0.15) is 67.7 Å². The summed E-state index contributed by atoms with van der Waals surface area (Å²) in [5.41, 5.74) is 3.03. The van der Waals surface area contributed by atoms with Gasteiger partial charge >= 0.3 is 0 Å². The average molecular weight is 375 g/mol. The number of nitrogens with zero attached hydrogens (tertiary/aromatic N) is 1. The maximum Gasteiger partial charge on any atom is 0.175 e. The van der Waals surface area contributed by atoms with E-state index in [-0.39, 0.29) is 35.7 Å². The SMILES string of the molecule is CCCC[C@H](NN(C)C)C1O[C@@H](COC(C)(C)C)[C@H](COC(C)(C)C)O1. The Morgan fingerprint density at radius 3 is 1.73 bits per heavy atom. The van der Waals surface area contributed by atoms with Gasteiger partial charge in [0, 0.05) is 14.1 Å². The van der Waals surface area contributed by atoms with E-state index in [1.165, 1.54) is 0 Å². The molecule has 1 N–H and O–H groups in total. The zero-order valence-electron chi connectivity index (χ0n) is 18.4. The van der Waals surface area contributed by atoms with E-state index in [2.05, 4.69) is 53.9 Å². The van der Waals surface area contributed by atoms with Crippen molar-refractivity contribution in [2.45, 2.75) is 103 Å². The maximum absolute atomic E-state index is 6.28. The molecule has 1 fully saturated rings. The Labute approximate surface area is 160 Å². The van der Waals surface area contributed by atoms with E-state index in [0.29, 0.717) is 13.2 Å². The highest BCUT2D eigenvalue weighted by atomic mass is 16.7. The predicted molar refractivity (Wildman–Crippen MR) is 105 cm³/mol. The largest absolute Gasteiger partial charge is 0.373 e. The van der Waals surface area contributed by atoms with Crippen LogP contribution in [0.2, 0.25) is 0 Å². The number of nitrogens with one attached hydrogen (secondary N) is 1. The minimum absolute atomic E-state index is 0.113. The fraction of sp³-hybridized carbons (Fsp3) is 1.00. The van der Waals surface area contributed by atoms with Crippen molar-refractivity contribution in [3.05, 3.63) is 0 Å². The first-order chi connectivity index (χ1) is 11.9. The number of hydrogen-bond donors (Lipinski definition) is 1. The molecule has 0 radical (unpaired) electrons. The van der Waals surface area contributed by atoms with E-state index < -0.39 is 0 Å². The lowest BCUT2D eigenvalue weighted by Gasteiger charge is -2.27. The number of ether oxygens (including phenoxy) is 4. The summed E-state index contributed by atoms with van der Waals surface area (Å²) in [6.45, 7) is 15.5. The lowest BCUT2D eigenvalue weighted by molar-refractivity contribution is -0.121. The summed E-state index contributed by atoms with van der Waals surface area (Å²) in [6, 6.07) is 0.113. The summed E-state index contributed by atoms with van der Waals surface area (Å²) >= 11 is 0. The highest BCUT2D eigenvalue weighted by Gasteiger charge is 2.41. The third kappa shape index (κ3) is 9.62. The van der Waals surface area contributed by atoms with Crippen LogP contribution in [0.4, 0.5) is 0 Å². The first-order valence-electron chi connectivity index (χ1n) is 9.93. The monoisotopic (exact) mass is 374 g/mol. The van der Waals surface area contributed by atoms with E-state index >= 15 is 0 Å². The van der Waals surface area contributed by atoms with Gasteiger partial charge in [0.15, 0.2) is 6.29 Å². The first kappa shape index (κ1) is 23.8. The zero-order valence-corrected chi connectivity index (χ0v) is 18.4. The van der Waals surface area contributed by atoms with E-state index in [9.17, 15) is 0 Å². The Bertz CT molecular complexity index is 364. The molecular formula is C20H42N2O4. The van der Waals surface area contributed by atoms with Crippen molar-refractivity contribution >= 4 is 0 Å². The molecule has 26 heavy (non-hydrogen) atoms. The lowest BCUT2D eigenvalue weighted by atomic mass is 10.1. The smallest absolute Gasteiger partial charge is 0.175 e. The van der Waals surface area contributed by atoms with Crippen LogP contribution in [0.5, 0.6) is 0 Å². The van der Waals surface area contributed by atoms with Crippen molar-refractivity contribution in [1.29, 1.82) is 0 Å². The quantitative estimate of drug-likeness (QED) is 0.592. The van der Waals surface area contributed by atoms with Gasteiger partial charge in [0.25, 0.3) is 0 Å². The van der Waals surface area contributed by atoms with Gasteiger partial charge in [-0.1, -0.05) is 19.8 Å². The summed E-state index contributed by atoms with van der Waals surface area (Å²) in [5.74, 6) is 0. The molecule has 1 saturated heterocycles. The Balaban J connectivity index is 2.77. The number of hydrazine groups is 1. The standard InChI is InChI=1S/C20H42N2O4/c1-10-11-12-15(21-22(8)9)18-25-16(13-23-19(2,3)4)17(26-18)14-24-20(5,6)7/h15-18,21H,10-14H2,1-9H3/t15-,16-,17-/m0/s1. The Hall–Kier alpha value is -0.240. The molecule has 0 aliphatic carbocycles. The molecule has 6 heteroatoms. The molecule has 0 aromatic rings. The molecular weight excluding hydrogens is 332 g/mol. The molecule has 6 nitrogen and oxygen atoms in total. The third-order valence-corrected chi connectivity index (χ3v) is 4.01. The summed E-state index contributed by atoms with van der Waals surface area (Å²) in [4.78, 5) is 0. The molecule has 0 spiro atoms. The molecule has 0 aromatic carbocycles. The van der Waals surface area contributed by atoms with Crippen molar-refractivity contribution in [1.82, 2.24) is 10.4 Å². The van der Waals surface area contributed by atoms with Gasteiger partial charge in [0.1, 0.15) is 12.2 Å². The normalized spacial score (nSPS) is 23.8. The van der Waals surface area contributed by atoms with Crippen molar-refractivity contribution in [2.75, 3.05) is 27.3 Å². The fourth-order valence-electron chi connectivity index (χ4n) is 2.72. The zero-order chi connectivity index (χ0) is 20.0. The maximum atomic E-state index is 6.28. The van der Waals surface area contributed by atoms with Crippen LogP contribution >= 0.6 is 0 Å². The minimum Gasteiger partial charge on any atom is -0.373 e. The fourth-order valence-corrected chi connectivity index (χ4v) is 2.72. The van der Waals surface area contributed by atoms with E-state index in [1.54, 1.807) is 0 Å². The van der Waals surface area contributed by atoms with E-state index in [1.807, 2.05) is 19.1 Å². The van der Waals surface area contributed by atoms with Crippen LogP contribution in [0, 0.1) is 0 Å². The predicted octanol–water partition coefficient (Wildman–Crippen LogP) is 3.35. The van der Waals surface area contributed by atoms with Gasteiger partial charge in [-0.2, -0.15) is 0 Å². The highest BCUT2D eigenvalue weighted by molar-refractivity contribution is 4.84. The Morgan fingerprint density at radius 2 is 1.38 bits per heavy atom. The third-order valence-electron chi connectivity index (χ3n) is 4.01. The molecule has 0 saturated carbocycles. The van der Waals surface area contributed by atoms with E-state index in [0.717, 1.165) is 19.3 Å². The molecule has 0 aromatic heterocycles. The summed E-state index contributed by atoms with van der Waals surface area (Å²) in [7, 11) is 3.99. The Morgan fingerprint density at radius 1 is 0.923 bits per heavy atom. The second-order valence-electron chi connectivity index (χ2n) is 9.34. The molecule has 1 heterocycles. The van der Waals surface area contributed by atoms with Crippen LogP contribution < -0.4 is 5.43 Å². The molecule has 3 atom stereocenters. The van der Waals surface area contributed by atoms with Gasteiger partial charge in [0.05, 0.1) is 30.5 Å². The molecule has 0 unspecified atom stereocenters.